The molecule has 0 aliphatic heterocycles. The molecule has 0 saturated heterocycles. The molecule has 0 radical (unpaired) electrons. The van der Waals surface area contributed by atoms with Crippen LogP contribution in [0.4, 0.5) is 0 Å². The molecule has 3 nitrogen and oxygen atoms in total. The third-order valence-electron chi connectivity index (χ3n) is 4.91. The van der Waals surface area contributed by atoms with Crippen molar-refractivity contribution in [3.05, 3.63) is 29.8 Å². The van der Waals surface area contributed by atoms with E-state index in [2.05, 4.69) is 31.3 Å². The Morgan fingerprint density at radius 2 is 1.90 bits per heavy atom. The van der Waals surface area contributed by atoms with Crippen molar-refractivity contribution in [2.75, 3.05) is 20.8 Å². The smallest absolute Gasteiger partial charge is 0.123 e. The first-order valence-corrected chi connectivity index (χ1v) is 8.08. The van der Waals surface area contributed by atoms with Crippen molar-refractivity contribution in [1.82, 2.24) is 5.32 Å². The van der Waals surface area contributed by atoms with E-state index in [0.29, 0.717) is 0 Å². The molecule has 1 aliphatic rings. The average molecular weight is 291 g/mol. The predicted octanol–water partition coefficient (Wildman–Crippen LogP) is 3.94. The summed E-state index contributed by atoms with van der Waals surface area (Å²) < 4.78 is 11.7. The van der Waals surface area contributed by atoms with Crippen LogP contribution in [0.15, 0.2) is 24.3 Å². The summed E-state index contributed by atoms with van der Waals surface area (Å²) >= 11 is 0. The number of para-hydroxylation sites is 1. The fourth-order valence-corrected chi connectivity index (χ4v) is 3.55. The first kappa shape index (κ1) is 16.3. The highest BCUT2D eigenvalue weighted by atomic mass is 16.5. The van der Waals surface area contributed by atoms with Gasteiger partial charge in [-0.3, -0.25) is 0 Å². The van der Waals surface area contributed by atoms with Crippen LogP contribution >= 0.6 is 0 Å². The lowest BCUT2D eigenvalue weighted by Gasteiger charge is -2.44. The van der Waals surface area contributed by atoms with E-state index in [-0.39, 0.29) is 11.6 Å². The van der Waals surface area contributed by atoms with Crippen molar-refractivity contribution in [2.45, 2.75) is 51.2 Å². The van der Waals surface area contributed by atoms with Crippen LogP contribution in [0.2, 0.25) is 0 Å². The zero-order valence-electron chi connectivity index (χ0n) is 13.8. The van der Waals surface area contributed by atoms with Gasteiger partial charge < -0.3 is 14.8 Å². The maximum Gasteiger partial charge on any atom is 0.123 e. The second-order valence-electron chi connectivity index (χ2n) is 6.18. The fourth-order valence-electron chi connectivity index (χ4n) is 3.55. The Bertz CT molecular complexity index is 439. The lowest BCUT2D eigenvalue weighted by atomic mass is 9.73. The minimum absolute atomic E-state index is 0.128. The molecule has 0 spiro atoms. The van der Waals surface area contributed by atoms with Crippen molar-refractivity contribution < 1.29 is 9.47 Å². The molecular formula is C18H29NO2. The molecule has 1 atom stereocenters. The van der Waals surface area contributed by atoms with Gasteiger partial charge in [-0.05, 0) is 44.2 Å². The summed E-state index contributed by atoms with van der Waals surface area (Å²) in [5.74, 6) is 1.74. The van der Waals surface area contributed by atoms with Crippen LogP contribution in [-0.2, 0) is 4.74 Å². The van der Waals surface area contributed by atoms with Crippen LogP contribution in [0, 0.1) is 5.92 Å². The normalized spacial score (nSPS) is 27.3. The summed E-state index contributed by atoms with van der Waals surface area (Å²) in [6.07, 6.45) is 4.65. The molecule has 21 heavy (non-hydrogen) atoms. The summed E-state index contributed by atoms with van der Waals surface area (Å²) in [6, 6.07) is 8.47. The molecule has 118 valence electrons. The SMILES string of the molecule is CCNC(c1ccccc1OC)C1(OC)CCC(C)CC1. The van der Waals surface area contributed by atoms with E-state index < -0.39 is 0 Å². The van der Waals surface area contributed by atoms with Crippen LogP contribution in [0.25, 0.3) is 0 Å². The lowest BCUT2D eigenvalue weighted by molar-refractivity contribution is -0.0761. The van der Waals surface area contributed by atoms with Gasteiger partial charge in [-0.2, -0.15) is 0 Å². The molecule has 0 aromatic heterocycles. The number of hydrogen-bond acceptors (Lipinski definition) is 3. The van der Waals surface area contributed by atoms with Gasteiger partial charge in [-0.1, -0.05) is 32.0 Å². The predicted molar refractivity (Wildman–Crippen MR) is 86.8 cm³/mol. The largest absolute Gasteiger partial charge is 0.496 e. The van der Waals surface area contributed by atoms with Crippen LogP contribution in [-0.4, -0.2) is 26.4 Å². The van der Waals surface area contributed by atoms with E-state index in [4.69, 9.17) is 9.47 Å². The quantitative estimate of drug-likeness (QED) is 0.861. The fraction of sp³-hybridized carbons (Fsp3) is 0.667. The van der Waals surface area contributed by atoms with Crippen LogP contribution in [0.1, 0.15) is 51.1 Å². The number of rotatable bonds is 6. The summed E-state index contributed by atoms with van der Waals surface area (Å²) in [5.41, 5.74) is 1.08. The summed E-state index contributed by atoms with van der Waals surface area (Å²) in [5, 5.41) is 3.64. The van der Waals surface area contributed by atoms with Gasteiger partial charge in [-0.15, -0.1) is 0 Å². The summed E-state index contributed by atoms with van der Waals surface area (Å²) in [7, 11) is 3.60. The van der Waals surface area contributed by atoms with Gasteiger partial charge >= 0.3 is 0 Å². The molecule has 1 aromatic carbocycles. The number of likely N-dealkylation sites (N-methyl/N-ethyl adjacent to an activating group) is 1. The molecule has 3 heteroatoms. The van der Waals surface area contributed by atoms with E-state index in [1.165, 1.54) is 18.4 Å². The maximum absolute atomic E-state index is 6.08. The summed E-state index contributed by atoms with van der Waals surface area (Å²) in [6.45, 7) is 5.41. The third kappa shape index (κ3) is 3.41. The van der Waals surface area contributed by atoms with Gasteiger partial charge in [0.25, 0.3) is 0 Å². The van der Waals surface area contributed by atoms with Gasteiger partial charge in [0, 0.05) is 12.7 Å². The highest BCUT2D eigenvalue weighted by Gasteiger charge is 2.42. The first-order valence-electron chi connectivity index (χ1n) is 8.08. The van der Waals surface area contributed by atoms with E-state index in [1.807, 2.05) is 19.2 Å². The van der Waals surface area contributed by atoms with Gasteiger partial charge in [0.05, 0.1) is 18.8 Å². The molecule has 0 amide bonds. The number of nitrogens with one attached hydrogen (secondary N) is 1. The van der Waals surface area contributed by atoms with Crippen LogP contribution in [0.3, 0.4) is 0 Å². The maximum atomic E-state index is 6.08. The molecule has 1 fully saturated rings. The molecule has 1 saturated carbocycles. The van der Waals surface area contributed by atoms with E-state index >= 15 is 0 Å². The molecule has 1 aromatic rings. The van der Waals surface area contributed by atoms with E-state index in [0.717, 1.165) is 31.1 Å². The van der Waals surface area contributed by atoms with Crippen molar-refractivity contribution in [3.8, 4) is 5.75 Å². The number of methoxy groups -OCH3 is 2. The Morgan fingerprint density at radius 1 is 1.24 bits per heavy atom. The minimum atomic E-state index is -0.128. The average Bonchev–Trinajstić information content (AvgIpc) is 2.54. The van der Waals surface area contributed by atoms with E-state index in [1.54, 1.807) is 7.11 Å². The van der Waals surface area contributed by atoms with Gasteiger partial charge in [0.15, 0.2) is 0 Å². The van der Waals surface area contributed by atoms with Crippen molar-refractivity contribution in [3.63, 3.8) is 0 Å². The highest BCUT2D eigenvalue weighted by Crippen LogP contribution is 2.44. The molecule has 1 aliphatic carbocycles. The highest BCUT2D eigenvalue weighted by molar-refractivity contribution is 5.37. The van der Waals surface area contributed by atoms with Gasteiger partial charge in [-0.25, -0.2) is 0 Å². The Labute approximate surface area is 129 Å². The van der Waals surface area contributed by atoms with Gasteiger partial charge in [0.1, 0.15) is 5.75 Å². The second-order valence-corrected chi connectivity index (χ2v) is 6.18. The van der Waals surface area contributed by atoms with E-state index in [9.17, 15) is 0 Å². The number of benzene rings is 1. The Kier molecular flexibility index (Phi) is 5.65. The lowest BCUT2D eigenvalue weighted by Crippen LogP contribution is -2.48. The topological polar surface area (TPSA) is 30.5 Å². The van der Waals surface area contributed by atoms with Crippen molar-refractivity contribution in [2.24, 2.45) is 5.92 Å². The van der Waals surface area contributed by atoms with Crippen LogP contribution in [0.5, 0.6) is 5.75 Å². The number of ether oxygens (including phenoxy) is 2. The van der Waals surface area contributed by atoms with Gasteiger partial charge in [0.2, 0.25) is 0 Å². The standard InChI is InChI=1S/C18H29NO2/c1-5-19-17(15-8-6-7-9-16(15)20-3)18(21-4)12-10-14(2)11-13-18/h6-9,14,17,19H,5,10-13H2,1-4H3. The van der Waals surface area contributed by atoms with Crippen molar-refractivity contribution in [1.29, 1.82) is 0 Å². The molecule has 0 heterocycles. The Morgan fingerprint density at radius 3 is 2.48 bits per heavy atom. The zero-order valence-corrected chi connectivity index (χ0v) is 13.8. The molecule has 2 rings (SSSR count). The Balaban J connectivity index is 2.36. The monoisotopic (exact) mass is 291 g/mol. The summed E-state index contributed by atoms with van der Waals surface area (Å²) in [4.78, 5) is 0. The Hall–Kier alpha value is -1.06. The molecule has 1 unspecified atom stereocenters. The molecular weight excluding hydrogens is 262 g/mol. The minimum Gasteiger partial charge on any atom is -0.496 e. The molecule has 1 N–H and O–H groups in total. The number of hydrogen-bond donors (Lipinski definition) is 1. The first-order chi connectivity index (χ1) is 10.2. The molecule has 0 bridgehead atoms. The van der Waals surface area contributed by atoms with Crippen molar-refractivity contribution >= 4 is 0 Å². The van der Waals surface area contributed by atoms with Crippen LogP contribution < -0.4 is 10.1 Å². The second kappa shape index (κ2) is 7.28. The zero-order chi connectivity index (χ0) is 15.3. The third-order valence-corrected chi connectivity index (χ3v) is 4.91.